The van der Waals surface area contributed by atoms with Crippen LogP contribution in [-0.4, -0.2) is 25.6 Å². The summed E-state index contributed by atoms with van der Waals surface area (Å²) in [7, 11) is 0. The monoisotopic (exact) mass is 423 g/mol. The topological polar surface area (TPSA) is 55.2 Å². The summed E-state index contributed by atoms with van der Waals surface area (Å²) < 4.78 is 2.03. The number of amides is 2. The van der Waals surface area contributed by atoms with E-state index >= 15 is 0 Å². The molecule has 2 aromatic heterocycles. The van der Waals surface area contributed by atoms with Crippen molar-refractivity contribution < 1.29 is 9.59 Å². The average molecular weight is 424 g/mol. The van der Waals surface area contributed by atoms with E-state index in [0.717, 1.165) is 40.1 Å². The Kier molecular flexibility index (Phi) is 5.30. The molecular formula is C22H18ClN3O2S. The maximum Gasteiger partial charge on any atom is 0.293 e. The largest absolute Gasteiger partial charge is 0.303 e. The van der Waals surface area contributed by atoms with Gasteiger partial charge in [-0.3, -0.25) is 14.5 Å². The molecule has 1 aromatic carbocycles. The quantitative estimate of drug-likeness (QED) is 0.528. The molecule has 0 aliphatic carbocycles. The van der Waals surface area contributed by atoms with E-state index in [-0.39, 0.29) is 17.7 Å². The van der Waals surface area contributed by atoms with E-state index in [0.29, 0.717) is 9.93 Å². The number of thioether (sulfide) groups is 1. The van der Waals surface area contributed by atoms with Crippen molar-refractivity contribution >= 4 is 40.6 Å². The number of hydrogen-bond acceptors (Lipinski definition) is 4. The summed E-state index contributed by atoms with van der Waals surface area (Å²) in [6.45, 7) is 4.12. The van der Waals surface area contributed by atoms with Gasteiger partial charge in [-0.2, -0.15) is 0 Å². The van der Waals surface area contributed by atoms with Gasteiger partial charge < -0.3 is 4.57 Å². The summed E-state index contributed by atoms with van der Waals surface area (Å²) in [5.41, 5.74) is 3.59. The zero-order valence-electron chi connectivity index (χ0n) is 15.9. The normalized spacial score (nSPS) is 15.6. The van der Waals surface area contributed by atoms with E-state index in [2.05, 4.69) is 4.98 Å². The van der Waals surface area contributed by atoms with E-state index < -0.39 is 0 Å². The Morgan fingerprint density at radius 1 is 1.10 bits per heavy atom. The Hall–Kier alpha value is -2.83. The molecule has 0 spiro atoms. The minimum absolute atomic E-state index is 0.161. The predicted molar refractivity (Wildman–Crippen MR) is 116 cm³/mol. The fourth-order valence-corrected chi connectivity index (χ4v) is 4.37. The lowest BCUT2D eigenvalue weighted by Gasteiger charge is -2.13. The number of nitrogens with zero attached hydrogens (tertiary/aromatic N) is 3. The van der Waals surface area contributed by atoms with Gasteiger partial charge in [0.05, 0.1) is 11.4 Å². The highest BCUT2D eigenvalue weighted by atomic mass is 35.5. The Balaban J connectivity index is 1.64. The van der Waals surface area contributed by atoms with Crippen LogP contribution in [0.4, 0.5) is 4.79 Å². The lowest BCUT2D eigenvalue weighted by Crippen LogP contribution is -2.27. The Bertz CT molecular complexity index is 1140. The van der Waals surface area contributed by atoms with Crippen LogP contribution in [0.1, 0.15) is 22.5 Å². The predicted octanol–water partition coefficient (Wildman–Crippen LogP) is 5.38. The molecule has 0 unspecified atom stereocenters. The van der Waals surface area contributed by atoms with Crippen molar-refractivity contribution in [2.75, 3.05) is 0 Å². The molecule has 2 amide bonds. The minimum atomic E-state index is -0.303. The molecule has 0 N–H and O–H groups in total. The smallest absolute Gasteiger partial charge is 0.293 e. The van der Waals surface area contributed by atoms with Crippen LogP contribution in [0, 0.1) is 13.8 Å². The molecule has 4 rings (SSSR count). The zero-order chi connectivity index (χ0) is 20.5. The average Bonchev–Trinajstić information content (AvgIpc) is 3.13. The number of aromatic nitrogens is 2. The summed E-state index contributed by atoms with van der Waals surface area (Å²) in [5, 5.41) is 0.245. The molecule has 0 bridgehead atoms. The van der Waals surface area contributed by atoms with Gasteiger partial charge >= 0.3 is 0 Å². The molecule has 7 heteroatoms. The van der Waals surface area contributed by atoms with Crippen molar-refractivity contribution in [1.82, 2.24) is 14.5 Å². The maximum absolute atomic E-state index is 12.9. The molecule has 3 aromatic rings. The SMILES string of the molecule is Cc1cc(/C=C2\SC(=O)N(Cc3ccccc3Cl)C2=O)c(C)n1-c1ccccn1. The van der Waals surface area contributed by atoms with Crippen molar-refractivity contribution in [2.24, 2.45) is 0 Å². The summed E-state index contributed by atoms with van der Waals surface area (Å²) >= 11 is 7.14. The molecule has 29 heavy (non-hydrogen) atoms. The van der Waals surface area contributed by atoms with E-state index in [9.17, 15) is 9.59 Å². The molecule has 1 saturated heterocycles. The molecule has 0 saturated carbocycles. The van der Waals surface area contributed by atoms with Crippen molar-refractivity contribution in [2.45, 2.75) is 20.4 Å². The lowest BCUT2D eigenvalue weighted by molar-refractivity contribution is -0.123. The highest BCUT2D eigenvalue weighted by molar-refractivity contribution is 8.18. The lowest BCUT2D eigenvalue weighted by atomic mass is 10.2. The second-order valence-corrected chi connectivity index (χ2v) is 8.11. The molecule has 1 aliphatic rings. The Labute approximate surface area is 178 Å². The van der Waals surface area contributed by atoms with Crippen LogP contribution < -0.4 is 0 Å². The van der Waals surface area contributed by atoms with Crippen molar-refractivity contribution in [3.63, 3.8) is 0 Å². The number of pyridine rings is 1. The van der Waals surface area contributed by atoms with E-state index in [4.69, 9.17) is 11.6 Å². The highest BCUT2D eigenvalue weighted by Crippen LogP contribution is 2.35. The number of rotatable bonds is 4. The van der Waals surface area contributed by atoms with E-state index in [1.54, 1.807) is 18.3 Å². The summed E-state index contributed by atoms with van der Waals surface area (Å²) in [6.07, 6.45) is 3.52. The van der Waals surface area contributed by atoms with Crippen LogP contribution >= 0.6 is 23.4 Å². The molecule has 3 heterocycles. The number of imide groups is 1. The van der Waals surface area contributed by atoms with Crippen molar-refractivity contribution in [3.05, 3.63) is 87.2 Å². The van der Waals surface area contributed by atoms with Crippen molar-refractivity contribution in [1.29, 1.82) is 0 Å². The van der Waals surface area contributed by atoms with Crippen LogP contribution in [0.3, 0.4) is 0 Å². The van der Waals surface area contributed by atoms with Gasteiger partial charge in [-0.25, -0.2) is 4.98 Å². The fourth-order valence-electron chi connectivity index (χ4n) is 3.35. The number of aryl methyl sites for hydroxylation is 1. The standard InChI is InChI=1S/C22H18ClN3O2S/c1-14-11-17(15(2)26(14)20-9-5-6-10-24-20)12-19-21(27)25(22(28)29-19)13-16-7-3-4-8-18(16)23/h3-12H,13H2,1-2H3/b19-12-. The molecule has 0 atom stereocenters. The third kappa shape index (κ3) is 3.73. The molecule has 146 valence electrons. The zero-order valence-corrected chi connectivity index (χ0v) is 17.5. The van der Waals surface area contributed by atoms with Gasteiger partial charge in [0.1, 0.15) is 5.82 Å². The van der Waals surface area contributed by atoms with E-state index in [1.165, 1.54) is 4.90 Å². The van der Waals surface area contributed by atoms with Gasteiger partial charge in [0, 0.05) is 22.6 Å². The van der Waals surface area contributed by atoms with Gasteiger partial charge in [0.25, 0.3) is 11.1 Å². The van der Waals surface area contributed by atoms with Gasteiger partial charge in [-0.1, -0.05) is 35.9 Å². The summed E-state index contributed by atoms with van der Waals surface area (Å²) in [4.78, 5) is 31.4. The first-order chi connectivity index (χ1) is 14.0. The maximum atomic E-state index is 12.9. The molecule has 5 nitrogen and oxygen atoms in total. The third-order valence-electron chi connectivity index (χ3n) is 4.80. The number of benzene rings is 1. The number of carbonyl (C=O) groups excluding carboxylic acids is 2. The van der Waals surface area contributed by atoms with Gasteiger partial charge in [0.2, 0.25) is 0 Å². The number of carbonyl (C=O) groups is 2. The van der Waals surface area contributed by atoms with Gasteiger partial charge in [-0.05, 0) is 67.1 Å². The molecule has 1 fully saturated rings. The molecular weight excluding hydrogens is 406 g/mol. The second kappa shape index (κ2) is 7.89. The molecule has 1 aliphatic heterocycles. The van der Waals surface area contributed by atoms with Crippen LogP contribution in [0.5, 0.6) is 0 Å². The summed E-state index contributed by atoms with van der Waals surface area (Å²) in [5.74, 6) is 0.511. The first-order valence-electron chi connectivity index (χ1n) is 9.05. The number of halogens is 1. The third-order valence-corrected chi connectivity index (χ3v) is 6.07. The fraction of sp³-hybridized carbons (Fsp3) is 0.136. The second-order valence-electron chi connectivity index (χ2n) is 6.71. The highest BCUT2D eigenvalue weighted by Gasteiger charge is 2.35. The van der Waals surface area contributed by atoms with Crippen LogP contribution in [-0.2, 0) is 11.3 Å². The number of hydrogen-bond donors (Lipinski definition) is 0. The van der Waals surface area contributed by atoms with Crippen molar-refractivity contribution in [3.8, 4) is 5.82 Å². The first kappa shape index (κ1) is 19.5. The van der Waals surface area contributed by atoms with Crippen LogP contribution in [0.25, 0.3) is 11.9 Å². The summed E-state index contributed by atoms with van der Waals surface area (Å²) in [6, 6.07) is 14.9. The van der Waals surface area contributed by atoms with Crippen LogP contribution in [0.15, 0.2) is 59.6 Å². The first-order valence-corrected chi connectivity index (χ1v) is 10.2. The van der Waals surface area contributed by atoms with E-state index in [1.807, 2.05) is 60.9 Å². The minimum Gasteiger partial charge on any atom is -0.303 e. The Morgan fingerprint density at radius 3 is 2.59 bits per heavy atom. The molecule has 0 radical (unpaired) electrons. The van der Waals surface area contributed by atoms with Gasteiger partial charge in [-0.15, -0.1) is 0 Å². The Morgan fingerprint density at radius 2 is 1.86 bits per heavy atom. The van der Waals surface area contributed by atoms with Gasteiger partial charge in [0.15, 0.2) is 0 Å². The van der Waals surface area contributed by atoms with Crippen LogP contribution in [0.2, 0.25) is 5.02 Å².